The third kappa shape index (κ3) is 5.98. The standard InChI is InChI=1S/C28H35NO3Si/c1-28(2,3)26(17-16-24-25(30)20-31-27(24)21-11-10-18-29-19-21)32-33(22-12-6-4-7-13-22)23-14-8-5-9-15-23/h4-15,18-19,24-27,30,33H,16-17,20H2,1-3H3. The van der Waals surface area contributed by atoms with Crippen LogP contribution in [0.3, 0.4) is 0 Å². The molecule has 1 N–H and O–H groups in total. The highest BCUT2D eigenvalue weighted by Crippen LogP contribution is 2.39. The monoisotopic (exact) mass is 461 g/mol. The number of aliphatic hydroxyl groups excluding tert-OH is 1. The Morgan fingerprint density at radius 2 is 1.64 bits per heavy atom. The van der Waals surface area contributed by atoms with Crippen LogP contribution in [0.2, 0.25) is 0 Å². The molecule has 0 amide bonds. The number of hydrogen-bond donors (Lipinski definition) is 1. The SMILES string of the molecule is CC(C)(C)C(CCC1C(O)COC1c1cccnc1)O[SiH](c1ccccc1)c1ccccc1. The lowest BCUT2D eigenvalue weighted by Crippen LogP contribution is -2.49. The van der Waals surface area contributed by atoms with E-state index in [1.807, 2.05) is 18.3 Å². The molecule has 1 fully saturated rings. The van der Waals surface area contributed by atoms with Crippen molar-refractivity contribution in [3.63, 3.8) is 0 Å². The molecule has 4 unspecified atom stereocenters. The van der Waals surface area contributed by atoms with Gasteiger partial charge in [-0.15, -0.1) is 0 Å². The van der Waals surface area contributed by atoms with Gasteiger partial charge in [0, 0.05) is 18.3 Å². The molecule has 1 aromatic heterocycles. The fourth-order valence-corrected chi connectivity index (χ4v) is 7.42. The lowest BCUT2D eigenvalue weighted by molar-refractivity contribution is 0.0556. The first-order valence-corrected chi connectivity index (χ1v) is 13.5. The van der Waals surface area contributed by atoms with Crippen LogP contribution in [0.1, 0.15) is 45.3 Å². The summed E-state index contributed by atoms with van der Waals surface area (Å²) in [6.07, 6.45) is 4.81. The fraction of sp³-hybridized carbons (Fsp3) is 0.393. The highest BCUT2D eigenvalue weighted by Gasteiger charge is 2.39. The van der Waals surface area contributed by atoms with Gasteiger partial charge >= 0.3 is 0 Å². The maximum Gasteiger partial charge on any atom is 0.240 e. The minimum absolute atomic E-state index is 0.0248. The predicted molar refractivity (Wildman–Crippen MR) is 135 cm³/mol. The van der Waals surface area contributed by atoms with E-state index in [-0.39, 0.29) is 23.5 Å². The van der Waals surface area contributed by atoms with Crippen molar-refractivity contribution in [1.29, 1.82) is 0 Å². The Labute approximate surface area is 199 Å². The summed E-state index contributed by atoms with van der Waals surface area (Å²) in [6, 6.07) is 25.2. The van der Waals surface area contributed by atoms with Gasteiger partial charge in [0.15, 0.2) is 0 Å². The largest absolute Gasteiger partial charge is 0.407 e. The second kappa shape index (κ2) is 10.7. The summed E-state index contributed by atoms with van der Waals surface area (Å²) < 4.78 is 13.0. The van der Waals surface area contributed by atoms with Crippen molar-refractivity contribution < 1.29 is 14.3 Å². The van der Waals surface area contributed by atoms with Crippen LogP contribution < -0.4 is 10.4 Å². The molecule has 5 heteroatoms. The molecular formula is C28H35NO3Si. The van der Waals surface area contributed by atoms with Crippen molar-refractivity contribution in [1.82, 2.24) is 4.98 Å². The summed E-state index contributed by atoms with van der Waals surface area (Å²) >= 11 is 0. The van der Waals surface area contributed by atoms with Crippen LogP contribution in [0.4, 0.5) is 0 Å². The molecule has 0 radical (unpaired) electrons. The summed E-state index contributed by atoms with van der Waals surface area (Å²) in [4.78, 5) is 4.25. The summed E-state index contributed by atoms with van der Waals surface area (Å²) in [5.74, 6) is 0.0382. The van der Waals surface area contributed by atoms with Crippen molar-refractivity contribution in [3.8, 4) is 0 Å². The molecule has 0 saturated carbocycles. The van der Waals surface area contributed by atoms with Crippen LogP contribution in [0.15, 0.2) is 85.2 Å². The minimum Gasteiger partial charge on any atom is -0.407 e. The van der Waals surface area contributed by atoms with E-state index < -0.39 is 15.1 Å². The van der Waals surface area contributed by atoms with E-state index >= 15 is 0 Å². The Morgan fingerprint density at radius 1 is 1.00 bits per heavy atom. The topological polar surface area (TPSA) is 51.6 Å². The molecule has 3 aromatic rings. The Balaban J connectivity index is 1.54. The first-order chi connectivity index (χ1) is 15.9. The Morgan fingerprint density at radius 3 is 2.18 bits per heavy atom. The van der Waals surface area contributed by atoms with Gasteiger partial charge in [0.25, 0.3) is 0 Å². The molecule has 4 atom stereocenters. The molecule has 33 heavy (non-hydrogen) atoms. The van der Waals surface area contributed by atoms with Gasteiger partial charge in [-0.2, -0.15) is 0 Å². The van der Waals surface area contributed by atoms with Crippen LogP contribution in [0.25, 0.3) is 0 Å². The molecule has 0 spiro atoms. The summed E-state index contributed by atoms with van der Waals surface area (Å²) in [6.45, 7) is 7.12. The van der Waals surface area contributed by atoms with Crippen molar-refractivity contribution >= 4 is 19.4 Å². The van der Waals surface area contributed by atoms with Crippen molar-refractivity contribution in [2.75, 3.05) is 6.61 Å². The minimum atomic E-state index is -1.87. The molecule has 1 aliphatic rings. The molecule has 2 heterocycles. The van der Waals surface area contributed by atoms with Gasteiger partial charge in [0.2, 0.25) is 9.04 Å². The van der Waals surface area contributed by atoms with Crippen LogP contribution in [0.5, 0.6) is 0 Å². The zero-order valence-corrected chi connectivity index (χ0v) is 21.0. The van der Waals surface area contributed by atoms with Crippen LogP contribution in [-0.2, 0) is 9.16 Å². The Hall–Kier alpha value is -2.31. The highest BCUT2D eigenvalue weighted by atomic mass is 28.3. The normalized spacial score (nSPS) is 21.9. The molecule has 1 aliphatic heterocycles. The molecule has 2 aromatic carbocycles. The van der Waals surface area contributed by atoms with E-state index in [0.717, 1.165) is 18.4 Å². The number of nitrogens with zero attached hydrogens (tertiary/aromatic N) is 1. The van der Waals surface area contributed by atoms with Crippen LogP contribution in [-0.4, -0.2) is 37.9 Å². The molecular weight excluding hydrogens is 426 g/mol. The number of aromatic nitrogens is 1. The lowest BCUT2D eigenvalue weighted by Gasteiger charge is -2.35. The van der Waals surface area contributed by atoms with Crippen LogP contribution in [0, 0.1) is 11.3 Å². The van der Waals surface area contributed by atoms with E-state index in [2.05, 4.69) is 86.4 Å². The van der Waals surface area contributed by atoms with Crippen molar-refractivity contribution in [2.24, 2.45) is 11.3 Å². The fourth-order valence-electron chi connectivity index (χ4n) is 4.70. The third-order valence-corrected chi connectivity index (χ3v) is 9.16. The maximum atomic E-state index is 10.7. The molecule has 1 saturated heterocycles. The zero-order chi connectivity index (χ0) is 23.3. The second-order valence-corrected chi connectivity index (χ2v) is 12.4. The van der Waals surface area contributed by atoms with Gasteiger partial charge < -0.3 is 14.3 Å². The Kier molecular flexibility index (Phi) is 7.76. The number of benzene rings is 2. The van der Waals surface area contributed by atoms with Crippen molar-refractivity contribution in [2.45, 2.75) is 51.9 Å². The quantitative estimate of drug-likeness (QED) is 0.517. The van der Waals surface area contributed by atoms with Gasteiger partial charge in [-0.25, -0.2) is 0 Å². The molecule has 4 nitrogen and oxygen atoms in total. The molecule has 174 valence electrons. The van der Waals surface area contributed by atoms with E-state index in [4.69, 9.17) is 9.16 Å². The van der Waals surface area contributed by atoms with E-state index in [0.29, 0.717) is 6.61 Å². The van der Waals surface area contributed by atoms with E-state index in [9.17, 15) is 5.11 Å². The number of hydrogen-bond acceptors (Lipinski definition) is 4. The van der Waals surface area contributed by atoms with Gasteiger partial charge in [-0.05, 0) is 40.3 Å². The van der Waals surface area contributed by atoms with E-state index in [1.54, 1.807) is 6.20 Å². The van der Waals surface area contributed by atoms with Crippen molar-refractivity contribution in [3.05, 3.63) is 90.8 Å². The third-order valence-electron chi connectivity index (χ3n) is 6.58. The van der Waals surface area contributed by atoms with E-state index in [1.165, 1.54) is 10.4 Å². The zero-order valence-electron chi connectivity index (χ0n) is 19.8. The van der Waals surface area contributed by atoms with Gasteiger partial charge in [0.1, 0.15) is 0 Å². The summed E-state index contributed by atoms with van der Waals surface area (Å²) in [7, 11) is -1.87. The molecule has 0 aliphatic carbocycles. The lowest BCUT2D eigenvalue weighted by atomic mass is 9.82. The van der Waals surface area contributed by atoms with Gasteiger partial charge in [0.05, 0.1) is 24.9 Å². The van der Waals surface area contributed by atoms with Gasteiger partial charge in [-0.1, -0.05) is 87.5 Å². The number of aliphatic hydroxyl groups is 1. The number of rotatable bonds is 8. The first-order valence-electron chi connectivity index (χ1n) is 11.9. The van der Waals surface area contributed by atoms with Gasteiger partial charge in [-0.3, -0.25) is 4.98 Å². The average Bonchev–Trinajstić information content (AvgIpc) is 3.20. The summed E-state index contributed by atoms with van der Waals surface area (Å²) in [5, 5.41) is 13.3. The smallest absolute Gasteiger partial charge is 0.240 e. The number of ether oxygens (including phenoxy) is 1. The average molecular weight is 462 g/mol. The number of pyridine rings is 1. The second-order valence-electron chi connectivity index (χ2n) is 10.0. The first kappa shape index (κ1) is 23.8. The molecule has 4 rings (SSSR count). The summed E-state index contributed by atoms with van der Waals surface area (Å²) in [5.41, 5.74) is 1.01. The highest BCUT2D eigenvalue weighted by molar-refractivity contribution is 6.80. The van der Waals surface area contributed by atoms with Crippen LogP contribution >= 0.6 is 0 Å². The maximum absolute atomic E-state index is 10.7. The molecule has 0 bridgehead atoms. The Bertz CT molecular complexity index is 939. The predicted octanol–water partition coefficient (Wildman–Crippen LogP) is 3.88.